The van der Waals surface area contributed by atoms with Crippen LogP contribution >= 0.6 is 0 Å². The van der Waals surface area contributed by atoms with Crippen LogP contribution in [0.4, 0.5) is 8.78 Å². The van der Waals surface area contributed by atoms with Crippen LogP contribution in [0.25, 0.3) is 0 Å². The second kappa shape index (κ2) is 3.74. The minimum atomic E-state index is -2.43. The van der Waals surface area contributed by atoms with Crippen molar-refractivity contribution in [3.63, 3.8) is 0 Å². The first-order chi connectivity index (χ1) is 6.59. The van der Waals surface area contributed by atoms with E-state index in [0.29, 0.717) is 18.6 Å². The van der Waals surface area contributed by atoms with Gasteiger partial charge in [0.25, 0.3) is 0 Å². The van der Waals surface area contributed by atoms with E-state index in [9.17, 15) is 8.78 Å². The summed E-state index contributed by atoms with van der Waals surface area (Å²) in [6.45, 7) is 0. The van der Waals surface area contributed by atoms with Crippen molar-refractivity contribution in [2.45, 2.75) is 56.2 Å². The molecule has 14 heavy (non-hydrogen) atoms. The van der Waals surface area contributed by atoms with E-state index in [1.807, 2.05) is 0 Å². The summed E-state index contributed by atoms with van der Waals surface area (Å²) in [6.07, 6.45) is 2.96. The van der Waals surface area contributed by atoms with Crippen molar-refractivity contribution in [1.29, 1.82) is 0 Å². The average Bonchev–Trinajstić information content (AvgIpc) is 2.37. The van der Waals surface area contributed by atoms with Crippen molar-refractivity contribution in [1.82, 2.24) is 5.32 Å². The van der Waals surface area contributed by atoms with Gasteiger partial charge in [-0.05, 0) is 19.3 Å². The van der Waals surface area contributed by atoms with E-state index in [0.717, 1.165) is 12.8 Å². The largest absolute Gasteiger partial charge is 0.381 e. The van der Waals surface area contributed by atoms with Crippen molar-refractivity contribution in [2.24, 2.45) is 0 Å². The first-order valence-corrected chi connectivity index (χ1v) is 5.26. The molecule has 0 bridgehead atoms. The van der Waals surface area contributed by atoms with Crippen molar-refractivity contribution < 1.29 is 13.5 Å². The maximum atomic E-state index is 12.8. The summed E-state index contributed by atoms with van der Waals surface area (Å²) in [7, 11) is 1.70. The molecule has 0 aromatic rings. The number of rotatable bonds is 3. The third kappa shape index (κ3) is 2.23. The van der Waals surface area contributed by atoms with Crippen LogP contribution in [0.5, 0.6) is 0 Å². The summed E-state index contributed by atoms with van der Waals surface area (Å²) < 4.78 is 30.8. The van der Waals surface area contributed by atoms with Crippen molar-refractivity contribution in [3.05, 3.63) is 0 Å². The first kappa shape index (κ1) is 10.3. The SMILES string of the molecule is COC1CC(NC2CCC(F)(F)C2)C1. The lowest BCUT2D eigenvalue weighted by Crippen LogP contribution is -2.48. The van der Waals surface area contributed by atoms with Gasteiger partial charge >= 0.3 is 0 Å². The zero-order chi connectivity index (χ0) is 10.2. The molecule has 4 heteroatoms. The summed E-state index contributed by atoms with van der Waals surface area (Å²) >= 11 is 0. The van der Waals surface area contributed by atoms with Crippen LogP contribution in [0.2, 0.25) is 0 Å². The normalized spacial score (nSPS) is 40.9. The molecule has 0 spiro atoms. The predicted octanol–water partition coefficient (Wildman–Crippen LogP) is 1.94. The van der Waals surface area contributed by atoms with E-state index in [4.69, 9.17) is 4.74 Å². The van der Waals surface area contributed by atoms with Gasteiger partial charge in [-0.2, -0.15) is 0 Å². The highest BCUT2D eigenvalue weighted by molar-refractivity contribution is 4.92. The van der Waals surface area contributed by atoms with Crippen molar-refractivity contribution in [3.8, 4) is 0 Å². The van der Waals surface area contributed by atoms with Crippen LogP contribution < -0.4 is 5.32 Å². The summed E-state index contributed by atoms with van der Waals surface area (Å²) in [4.78, 5) is 0. The molecule has 2 nitrogen and oxygen atoms in total. The van der Waals surface area contributed by atoms with Gasteiger partial charge < -0.3 is 10.1 Å². The second-order valence-corrected chi connectivity index (χ2v) is 4.49. The smallest absolute Gasteiger partial charge is 0.249 e. The fraction of sp³-hybridized carbons (Fsp3) is 1.00. The van der Waals surface area contributed by atoms with Gasteiger partial charge in [0.05, 0.1) is 6.10 Å². The Kier molecular flexibility index (Phi) is 2.75. The number of hydrogen-bond donors (Lipinski definition) is 1. The molecular weight excluding hydrogens is 188 g/mol. The molecule has 1 unspecified atom stereocenters. The Labute approximate surface area is 83.0 Å². The summed E-state index contributed by atoms with van der Waals surface area (Å²) in [5, 5.41) is 3.28. The van der Waals surface area contributed by atoms with Gasteiger partial charge in [-0.25, -0.2) is 8.78 Å². The van der Waals surface area contributed by atoms with Gasteiger partial charge in [0.1, 0.15) is 0 Å². The van der Waals surface area contributed by atoms with Crippen LogP contribution in [0.3, 0.4) is 0 Å². The lowest BCUT2D eigenvalue weighted by atomic mass is 9.88. The average molecular weight is 205 g/mol. The molecule has 2 fully saturated rings. The molecule has 82 valence electrons. The van der Waals surface area contributed by atoms with Crippen LogP contribution in [0.15, 0.2) is 0 Å². The Hall–Kier alpha value is -0.220. The van der Waals surface area contributed by atoms with Gasteiger partial charge in [0.15, 0.2) is 0 Å². The zero-order valence-corrected chi connectivity index (χ0v) is 8.43. The Balaban J connectivity index is 1.68. The van der Waals surface area contributed by atoms with Gasteiger partial charge in [0, 0.05) is 32.0 Å². The molecule has 1 atom stereocenters. The monoisotopic (exact) mass is 205 g/mol. The van der Waals surface area contributed by atoms with E-state index < -0.39 is 5.92 Å². The van der Waals surface area contributed by atoms with Gasteiger partial charge in [-0.1, -0.05) is 0 Å². The minimum absolute atomic E-state index is 0.0150. The fourth-order valence-corrected chi connectivity index (χ4v) is 2.32. The Bertz CT molecular complexity index is 204. The summed E-state index contributed by atoms with van der Waals surface area (Å²) in [6, 6.07) is 0.423. The lowest BCUT2D eigenvalue weighted by Gasteiger charge is -2.36. The molecular formula is C10H17F2NO. The van der Waals surface area contributed by atoms with Crippen molar-refractivity contribution in [2.75, 3.05) is 7.11 Å². The van der Waals surface area contributed by atoms with E-state index in [1.165, 1.54) is 0 Å². The van der Waals surface area contributed by atoms with E-state index in [2.05, 4.69) is 5.32 Å². The Morgan fingerprint density at radius 3 is 2.50 bits per heavy atom. The molecule has 1 N–H and O–H groups in total. The minimum Gasteiger partial charge on any atom is -0.381 e. The highest BCUT2D eigenvalue weighted by Crippen LogP contribution is 2.36. The maximum Gasteiger partial charge on any atom is 0.249 e. The molecule has 2 rings (SSSR count). The lowest BCUT2D eigenvalue weighted by molar-refractivity contribution is -0.000629. The van der Waals surface area contributed by atoms with Gasteiger partial charge in [-0.3, -0.25) is 0 Å². The molecule has 0 saturated heterocycles. The molecule has 0 radical (unpaired) electrons. The quantitative estimate of drug-likeness (QED) is 0.760. The van der Waals surface area contributed by atoms with Crippen LogP contribution in [0.1, 0.15) is 32.1 Å². The molecule has 0 aromatic heterocycles. The third-order valence-electron chi connectivity index (χ3n) is 3.30. The highest BCUT2D eigenvalue weighted by atomic mass is 19.3. The number of methoxy groups -OCH3 is 1. The topological polar surface area (TPSA) is 21.3 Å². The number of alkyl halides is 2. The fourth-order valence-electron chi connectivity index (χ4n) is 2.32. The Morgan fingerprint density at radius 1 is 1.29 bits per heavy atom. The molecule has 0 amide bonds. The summed E-state index contributed by atoms with van der Waals surface area (Å²) in [5.74, 6) is -2.43. The van der Waals surface area contributed by atoms with Gasteiger partial charge in [0.2, 0.25) is 5.92 Å². The number of hydrogen-bond acceptors (Lipinski definition) is 2. The van der Waals surface area contributed by atoms with Crippen LogP contribution in [-0.2, 0) is 4.74 Å². The molecule has 2 saturated carbocycles. The molecule has 2 aliphatic carbocycles. The molecule has 0 aliphatic heterocycles. The van der Waals surface area contributed by atoms with E-state index in [1.54, 1.807) is 7.11 Å². The molecule has 2 aliphatic rings. The Morgan fingerprint density at radius 2 is 2.00 bits per heavy atom. The summed E-state index contributed by atoms with van der Waals surface area (Å²) in [5.41, 5.74) is 0. The maximum absolute atomic E-state index is 12.8. The molecule has 0 heterocycles. The third-order valence-corrected chi connectivity index (χ3v) is 3.30. The van der Waals surface area contributed by atoms with Crippen molar-refractivity contribution >= 4 is 0 Å². The molecule has 0 aromatic carbocycles. The number of halogens is 2. The number of ether oxygens (including phenoxy) is 1. The first-order valence-electron chi connectivity index (χ1n) is 5.26. The van der Waals surface area contributed by atoms with E-state index >= 15 is 0 Å². The standard InChI is InChI=1S/C10H17F2NO/c1-14-9-4-8(5-9)13-7-2-3-10(11,12)6-7/h7-9,13H,2-6H2,1H3. The van der Waals surface area contributed by atoms with E-state index in [-0.39, 0.29) is 18.9 Å². The van der Waals surface area contributed by atoms with Crippen LogP contribution in [0, 0.1) is 0 Å². The predicted molar refractivity (Wildman–Crippen MR) is 49.5 cm³/mol. The highest BCUT2D eigenvalue weighted by Gasteiger charge is 2.41. The second-order valence-electron chi connectivity index (χ2n) is 4.49. The van der Waals surface area contributed by atoms with Gasteiger partial charge in [-0.15, -0.1) is 0 Å². The zero-order valence-electron chi connectivity index (χ0n) is 8.43. The van der Waals surface area contributed by atoms with Crippen LogP contribution in [-0.4, -0.2) is 31.2 Å². The number of nitrogens with one attached hydrogen (secondary N) is 1.